The van der Waals surface area contributed by atoms with Crippen LogP contribution in [0, 0.1) is 41.4 Å². The Hall–Kier alpha value is -12.8. The number of hydrogen-bond donors (Lipinski definition) is 0. The van der Waals surface area contributed by atoms with Crippen molar-refractivity contribution < 1.29 is 46.7 Å². The molecule has 0 radical (unpaired) electrons. The van der Waals surface area contributed by atoms with Crippen LogP contribution in [0.2, 0.25) is 0 Å². The highest BCUT2D eigenvalue weighted by molar-refractivity contribution is 5.84. The van der Waals surface area contributed by atoms with E-state index in [1.165, 1.54) is 50.9 Å². The molecular weight excluding hydrogens is 1790 g/mol. The average molecular weight is 1940 g/mol. The van der Waals surface area contributed by atoms with Crippen LogP contribution in [0.25, 0.3) is 65.9 Å². The molecule has 0 aliphatic heterocycles. The molecule has 0 unspecified atom stereocenters. The van der Waals surface area contributed by atoms with E-state index < -0.39 is 5.92 Å². The maximum Gasteiger partial charge on any atom is 0.270 e. The number of imidazole rings is 5. The molecule has 0 atom stereocenters. The molecule has 143 heavy (non-hydrogen) atoms. The summed E-state index contributed by atoms with van der Waals surface area (Å²) in [5, 5.41) is 2.39. The number of nitrogens with zero attached hydrogens (tertiary/aromatic N) is 12. The molecule has 0 amide bonds. The number of fused-ring (bicyclic) bond motifs is 6. The minimum Gasteiger partial charge on any atom is -0.497 e. The second-order valence-corrected chi connectivity index (χ2v) is 40.1. The van der Waals surface area contributed by atoms with Crippen molar-refractivity contribution in [3.8, 4) is 46.0 Å². The van der Waals surface area contributed by atoms with Crippen molar-refractivity contribution in [2.75, 3.05) is 79.9 Å². The largest absolute Gasteiger partial charge is 0.497 e. The van der Waals surface area contributed by atoms with Gasteiger partial charge in [0, 0.05) is 102 Å². The van der Waals surface area contributed by atoms with Crippen molar-refractivity contribution in [1.29, 1.82) is 0 Å². The lowest BCUT2D eigenvalue weighted by Crippen LogP contribution is -2.27. The second kappa shape index (κ2) is 54.1. The molecule has 20 nitrogen and oxygen atoms in total. The summed E-state index contributed by atoms with van der Waals surface area (Å²) in [5.41, 5.74) is 14.3. The zero-order valence-corrected chi connectivity index (χ0v) is 88.8. The van der Waals surface area contributed by atoms with Gasteiger partial charge in [-0.15, -0.1) is 0 Å². The number of rotatable bonds is 46. The van der Waals surface area contributed by atoms with Crippen LogP contribution in [0.1, 0.15) is 196 Å². The number of hydrogen-bond acceptors (Lipinski definition) is 15. The second-order valence-electron chi connectivity index (χ2n) is 40.1. The summed E-state index contributed by atoms with van der Waals surface area (Å²) in [4.78, 5) is 29.1. The van der Waals surface area contributed by atoms with Gasteiger partial charge in [0.15, 0.2) is 0 Å². The van der Waals surface area contributed by atoms with Gasteiger partial charge in [0.2, 0.25) is 0 Å². The van der Waals surface area contributed by atoms with Gasteiger partial charge in [-0.2, -0.15) is 0 Å². The molecule has 16 rings (SSSR count). The number of benzene rings is 11. The third-order valence-electron chi connectivity index (χ3n) is 25.0. The summed E-state index contributed by atoms with van der Waals surface area (Å²) < 4.78 is 85.5. The van der Waals surface area contributed by atoms with Crippen molar-refractivity contribution in [1.82, 2.24) is 57.6 Å². The smallest absolute Gasteiger partial charge is 0.270 e. The summed E-state index contributed by atoms with van der Waals surface area (Å²) in [5.74, 6) is 12.5. The van der Waals surface area contributed by atoms with Crippen LogP contribution in [0.4, 0.5) is 8.78 Å². The zero-order valence-electron chi connectivity index (χ0n) is 88.8. The van der Waals surface area contributed by atoms with Gasteiger partial charge in [0.05, 0.1) is 82.6 Å². The third kappa shape index (κ3) is 32.6. The fourth-order valence-corrected chi connectivity index (χ4v) is 17.4. The molecule has 0 bridgehead atoms. The molecule has 0 aliphatic rings. The number of methoxy groups -OCH3 is 2. The van der Waals surface area contributed by atoms with Gasteiger partial charge in [-0.3, -0.25) is 0 Å². The number of aryl methyl sites for hydroxylation is 2. The summed E-state index contributed by atoms with van der Waals surface area (Å²) in [6.07, 6.45) is 5.63. The van der Waals surface area contributed by atoms with Crippen molar-refractivity contribution in [3.63, 3.8) is 0 Å². The highest BCUT2D eigenvalue weighted by atomic mass is 19.3. The Morgan fingerprint density at radius 3 is 1.11 bits per heavy atom. The first-order valence-electron chi connectivity index (χ1n) is 51.8. The van der Waals surface area contributed by atoms with E-state index in [0.717, 1.165) is 237 Å². The number of alkyl halides is 2. The summed E-state index contributed by atoms with van der Waals surface area (Å²) in [6.45, 7) is 54.7. The Morgan fingerprint density at radius 1 is 0.287 bits per heavy atom. The van der Waals surface area contributed by atoms with E-state index in [1.54, 1.807) is 26.4 Å². The molecule has 16 aromatic rings. The molecule has 22 heteroatoms. The molecule has 0 aliphatic carbocycles. The van der Waals surface area contributed by atoms with Gasteiger partial charge in [0.25, 0.3) is 5.92 Å². The maximum absolute atomic E-state index is 13.6. The molecule has 0 saturated heterocycles. The monoisotopic (exact) mass is 1940 g/mol. The number of likely N-dealkylation sites (N-methyl/N-ethyl adjacent to an activating group) is 2. The van der Waals surface area contributed by atoms with E-state index in [0.29, 0.717) is 73.6 Å². The van der Waals surface area contributed by atoms with Gasteiger partial charge in [-0.1, -0.05) is 234 Å². The highest BCUT2D eigenvalue weighted by Crippen LogP contribution is 2.35. The Balaban J connectivity index is 0.000000160. The van der Waals surface area contributed by atoms with Crippen LogP contribution in [-0.2, 0) is 77.5 Å². The van der Waals surface area contributed by atoms with Crippen LogP contribution in [-0.4, -0.2) is 137 Å². The summed E-state index contributed by atoms with van der Waals surface area (Å²) >= 11 is 0. The minimum absolute atomic E-state index is 0.0659. The highest BCUT2D eigenvalue weighted by Gasteiger charge is 2.26. The quantitative estimate of drug-likeness (QED) is 0.0353. The summed E-state index contributed by atoms with van der Waals surface area (Å²) in [7, 11) is 3.41. The normalized spacial score (nSPS) is 11.7. The topological polar surface area (TPSA) is 169 Å². The van der Waals surface area contributed by atoms with E-state index in [2.05, 4.69) is 315 Å². The lowest BCUT2D eigenvalue weighted by atomic mass is 10.1. The van der Waals surface area contributed by atoms with E-state index in [-0.39, 0.29) is 12.2 Å². The molecule has 0 N–H and O–H groups in total. The SMILES string of the molecule is CC(C)CCOc1ccc2nc(COc3ccc4ccccc4c3)n(CC(C)C)c2c1.CC(C)CCOc1ccc2nc(COc3cccc(C(C)(F)F)c3)n(CC(C)C)c2c1.CC(C)Cn1c(CCc2ccccc2)nc2ccccc21.CCN(CC)CCOc1ccc2c(c1)nc(Cc1cccc(OC)c1)n2CC(C)C.CCN(CC)CCOc1ccc2nc(Cc3cccc(OC)c3)n(CC(C)C)c2c1. The van der Waals surface area contributed by atoms with Gasteiger partial charge >= 0.3 is 0 Å². The van der Waals surface area contributed by atoms with Gasteiger partial charge < -0.3 is 70.5 Å². The fraction of sp³-hybridized carbons (Fsp3) is 0.430. The zero-order chi connectivity index (χ0) is 102. The number of aromatic nitrogens is 10. The lowest BCUT2D eigenvalue weighted by molar-refractivity contribution is 0.0171. The Kier molecular flexibility index (Phi) is 41.2. The van der Waals surface area contributed by atoms with Crippen LogP contribution >= 0.6 is 0 Å². The number of para-hydroxylation sites is 2. The Morgan fingerprint density at radius 2 is 0.643 bits per heavy atom. The van der Waals surface area contributed by atoms with Crippen LogP contribution in [0.15, 0.2) is 243 Å². The summed E-state index contributed by atoms with van der Waals surface area (Å²) in [6, 6.07) is 80.8. The van der Waals surface area contributed by atoms with Crippen LogP contribution < -0.4 is 37.9 Å². The van der Waals surface area contributed by atoms with E-state index in [9.17, 15) is 8.78 Å². The van der Waals surface area contributed by atoms with Crippen molar-refractivity contribution in [2.24, 2.45) is 41.4 Å². The average Bonchev–Trinajstić information content (AvgIpc) is 1.71. The molecule has 0 fully saturated rings. The Bertz CT molecular complexity index is 6550. The Labute approximate surface area is 848 Å². The van der Waals surface area contributed by atoms with Crippen LogP contribution in [0.5, 0.6) is 46.0 Å². The minimum atomic E-state index is -2.91. The molecule has 0 saturated carbocycles. The molecular formula is C121H156F2N12O8. The number of halogens is 2. The maximum atomic E-state index is 13.6. The van der Waals surface area contributed by atoms with Crippen molar-refractivity contribution in [2.45, 2.75) is 222 Å². The lowest BCUT2D eigenvalue weighted by Gasteiger charge is -2.18. The van der Waals surface area contributed by atoms with E-state index >= 15 is 0 Å². The molecule has 762 valence electrons. The third-order valence-corrected chi connectivity index (χ3v) is 25.0. The van der Waals surface area contributed by atoms with Gasteiger partial charge in [-0.05, 0) is 224 Å². The number of ether oxygens (including phenoxy) is 8. The molecule has 5 heterocycles. The van der Waals surface area contributed by atoms with E-state index in [4.69, 9.17) is 62.8 Å². The first-order chi connectivity index (χ1) is 68.9. The van der Waals surface area contributed by atoms with Crippen LogP contribution in [0.3, 0.4) is 0 Å². The standard InChI is InChI=1S/C27H32N2O2.C25H32F2N2O2.2C25H35N3O2.C19H22N2/c1-19(2)13-14-30-24-11-12-25-26(16-24)29(17-20(3)4)27(28-25)18-31-23-10-9-21-7-5-6-8-22(21)15-23;1-17(2)11-12-30-21-9-10-22-23(14-21)29(15-18(3)4)24(28-22)16-31-20-8-6-7-19(13-20)25(5,26)27;1-6-27(7-2)13-14-30-22-11-12-24-23(17-22)26-25(28(24)18-19(3)4)16-20-9-8-10-21(15-20)29-5;1-6-27(7-2)13-14-30-22-11-12-23-24(17-22)28(18-19(3)4)25(26-23)16-20-9-8-10-21(15-20)29-5;1-15(2)14-21-18-11-7-6-10-17(18)20-19(21)13-12-16-8-4-3-5-9-16/h5-12,15-16,19-20H,13-14,17-18H2,1-4H3;6-10,13-14,17-18H,11-12,15-16H2,1-5H3;2*8-12,15,17,19H,6-7,13-14,16,18H2,1-5H3;3-11,15H,12-14H2,1-2H3. The molecule has 5 aromatic heterocycles. The van der Waals surface area contributed by atoms with E-state index in [1.807, 2.05) is 60.7 Å². The van der Waals surface area contributed by atoms with Gasteiger partial charge in [-0.25, -0.2) is 33.7 Å². The van der Waals surface area contributed by atoms with Crippen molar-refractivity contribution >= 4 is 65.9 Å². The molecule has 0 spiro atoms. The first kappa shape index (κ1) is 109. The first-order valence-corrected chi connectivity index (χ1v) is 51.8. The van der Waals surface area contributed by atoms with Crippen molar-refractivity contribution in [3.05, 3.63) is 294 Å². The predicted molar refractivity (Wildman–Crippen MR) is 583 cm³/mol. The predicted octanol–water partition coefficient (Wildman–Crippen LogP) is 28.2. The molecule has 11 aromatic carbocycles. The fourth-order valence-electron chi connectivity index (χ4n) is 17.4. The van der Waals surface area contributed by atoms with Gasteiger partial charge in [0.1, 0.15) is 102 Å².